The second kappa shape index (κ2) is 9.55. The van der Waals surface area contributed by atoms with Crippen molar-refractivity contribution in [1.29, 1.82) is 0 Å². The molecule has 7 heteroatoms. The minimum Gasteiger partial charge on any atom is -0.343 e. The highest BCUT2D eigenvalue weighted by Gasteiger charge is 2.20. The Morgan fingerprint density at radius 1 is 1.08 bits per heavy atom. The number of carbonyl (C=O) groups excluding carboxylic acids is 1. The molecule has 0 aromatic heterocycles. The van der Waals surface area contributed by atoms with Gasteiger partial charge in [0.1, 0.15) is 0 Å². The van der Waals surface area contributed by atoms with E-state index in [2.05, 4.69) is 0 Å². The van der Waals surface area contributed by atoms with Gasteiger partial charge in [0.15, 0.2) is 0 Å². The Hall–Kier alpha value is -1.11. The lowest BCUT2D eigenvalue weighted by Gasteiger charge is -2.23. The van der Waals surface area contributed by atoms with Gasteiger partial charge in [-0.05, 0) is 37.0 Å². The number of rotatable bonds is 7. The number of halogens is 1. The van der Waals surface area contributed by atoms with Crippen LogP contribution in [0.2, 0.25) is 5.02 Å². The SMILES string of the molecule is CS(=O)(=O)N(CCC(=O)N1CCCCCC1)CCc1ccc(Cl)cc1. The fourth-order valence-corrected chi connectivity index (χ4v) is 4.02. The molecule has 1 saturated heterocycles. The van der Waals surface area contributed by atoms with Crippen LogP contribution in [0.25, 0.3) is 0 Å². The molecular formula is C18H27ClN2O3S. The van der Waals surface area contributed by atoms with Crippen LogP contribution in [0, 0.1) is 0 Å². The molecule has 5 nitrogen and oxygen atoms in total. The lowest BCUT2D eigenvalue weighted by molar-refractivity contribution is -0.131. The topological polar surface area (TPSA) is 57.7 Å². The van der Waals surface area contributed by atoms with E-state index in [1.807, 2.05) is 17.0 Å². The van der Waals surface area contributed by atoms with Crippen LogP contribution >= 0.6 is 11.6 Å². The van der Waals surface area contributed by atoms with Crippen molar-refractivity contribution in [1.82, 2.24) is 9.21 Å². The molecule has 0 saturated carbocycles. The first-order chi connectivity index (χ1) is 11.9. The molecule has 1 heterocycles. The second-order valence-corrected chi connectivity index (χ2v) is 9.00. The maximum atomic E-state index is 12.4. The Bertz CT molecular complexity index is 653. The summed E-state index contributed by atoms with van der Waals surface area (Å²) in [6.45, 7) is 2.19. The summed E-state index contributed by atoms with van der Waals surface area (Å²) in [7, 11) is -3.34. The Kier molecular flexibility index (Phi) is 7.72. The highest BCUT2D eigenvalue weighted by Crippen LogP contribution is 2.13. The van der Waals surface area contributed by atoms with Crippen LogP contribution in [0.3, 0.4) is 0 Å². The summed E-state index contributed by atoms with van der Waals surface area (Å²) < 4.78 is 25.5. The van der Waals surface area contributed by atoms with Crippen molar-refractivity contribution in [2.45, 2.75) is 38.5 Å². The number of hydrogen-bond acceptors (Lipinski definition) is 3. The summed E-state index contributed by atoms with van der Waals surface area (Å²) in [5, 5.41) is 0.659. The van der Waals surface area contributed by atoms with Gasteiger partial charge >= 0.3 is 0 Å². The number of nitrogens with zero attached hydrogens (tertiary/aromatic N) is 2. The van der Waals surface area contributed by atoms with Gasteiger partial charge < -0.3 is 4.90 Å². The number of amides is 1. The molecule has 0 atom stereocenters. The van der Waals surface area contributed by atoms with Crippen LogP contribution in [0.4, 0.5) is 0 Å². The molecule has 0 bridgehead atoms. The summed E-state index contributed by atoms with van der Waals surface area (Å²) in [5.74, 6) is 0.0574. The van der Waals surface area contributed by atoms with Crippen LogP contribution in [0.15, 0.2) is 24.3 Å². The van der Waals surface area contributed by atoms with Gasteiger partial charge in [0.25, 0.3) is 0 Å². The van der Waals surface area contributed by atoms with Crippen LogP contribution in [-0.4, -0.2) is 56.0 Å². The Morgan fingerprint density at radius 3 is 2.24 bits per heavy atom. The average molecular weight is 387 g/mol. The van der Waals surface area contributed by atoms with Crippen molar-refractivity contribution in [2.24, 2.45) is 0 Å². The summed E-state index contributed by atoms with van der Waals surface area (Å²) >= 11 is 5.87. The van der Waals surface area contributed by atoms with E-state index in [-0.39, 0.29) is 18.9 Å². The molecule has 25 heavy (non-hydrogen) atoms. The molecule has 0 radical (unpaired) electrons. The third-order valence-corrected chi connectivity index (χ3v) is 6.12. The third kappa shape index (κ3) is 6.96. The van der Waals surface area contributed by atoms with E-state index in [0.717, 1.165) is 31.5 Å². The average Bonchev–Trinajstić information content (AvgIpc) is 2.84. The number of likely N-dealkylation sites (tertiary alicyclic amines) is 1. The fourth-order valence-electron chi connectivity index (χ4n) is 3.05. The van der Waals surface area contributed by atoms with Crippen LogP contribution in [0.1, 0.15) is 37.7 Å². The van der Waals surface area contributed by atoms with Gasteiger partial charge in [0.2, 0.25) is 15.9 Å². The molecule has 2 rings (SSSR count). The summed E-state index contributed by atoms with van der Waals surface area (Å²) in [5.41, 5.74) is 1.02. The van der Waals surface area contributed by atoms with Gasteiger partial charge in [0.05, 0.1) is 6.26 Å². The smallest absolute Gasteiger partial charge is 0.223 e. The molecule has 0 unspecified atom stereocenters. The minimum absolute atomic E-state index is 0.0574. The minimum atomic E-state index is -3.34. The number of hydrogen-bond donors (Lipinski definition) is 0. The number of sulfonamides is 1. The standard InChI is InChI=1S/C18H27ClN2O3S/c1-25(23,24)21(14-10-16-6-8-17(19)9-7-16)15-11-18(22)20-12-4-2-3-5-13-20/h6-9H,2-5,10-15H2,1H3. The number of benzene rings is 1. The molecular weight excluding hydrogens is 360 g/mol. The molecule has 0 N–H and O–H groups in total. The Labute approximate surface area is 156 Å². The van der Waals surface area contributed by atoms with Gasteiger partial charge in [-0.1, -0.05) is 36.6 Å². The van der Waals surface area contributed by atoms with Crippen molar-refractivity contribution in [3.8, 4) is 0 Å². The number of carbonyl (C=O) groups is 1. The quantitative estimate of drug-likeness (QED) is 0.723. The zero-order chi connectivity index (χ0) is 18.3. The molecule has 140 valence electrons. The molecule has 1 fully saturated rings. The lowest BCUT2D eigenvalue weighted by atomic mass is 10.1. The van der Waals surface area contributed by atoms with E-state index in [1.54, 1.807) is 12.1 Å². The summed E-state index contributed by atoms with van der Waals surface area (Å²) in [4.78, 5) is 14.3. The summed E-state index contributed by atoms with van der Waals surface area (Å²) in [6.07, 6.45) is 6.46. The monoisotopic (exact) mass is 386 g/mol. The third-order valence-electron chi connectivity index (χ3n) is 4.57. The molecule has 1 aliphatic rings. The van der Waals surface area contributed by atoms with E-state index >= 15 is 0 Å². The molecule has 1 aromatic carbocycles. The van der Waals surface area contributed by atoms with E-state index in [4.69, 9.17) is 11.6 Å². The molecule has 1 aromatic rings. The van der Waals surface area contributed by atoms with Gasteiger partial charge in [-0.15, -0.1) is 0 Å². The molecule has 0 aliphatic carbocycles. The first-order valence-electron chi connectivity index (χ1n) is 8.83. The van der Waals surface area contributed by atoms with Gasteiger partial charge in [0, 0.05) is 37.6 Å². The van der Waals surface area contributed by atoms with E-state index in [0.29, 0.717) is 18.0 Å². The normalized spacial score (nSPS) is 16.0. The van der Waals surface area contributed by atoms with Gasteiger partial charge in [-0.3, -0.25) is 4.79 Å². The van der Waals surface area contributed by atoms with E-state index in [9.17, 15) is 13.2 Å². The maximum absolute atomic E-state index is 12.4. The van der Waals surface area contributed by atoms with E-state index in [1.165, 1.54) is 23.4 Å². The van der Waals surface area contributed by atoms with Gasteiger partial charge in [-0.2, -0.15) is 0 Å². The molecule has 0 spiro atoms. The van der Waals surface area contributed by atoms with Crippen LogP contribution in [-0.2, 0) is 21.2 Å². The first-order valence-corrected chi connectivity index (χ1v) is 11.1. The van der Waals surface area contributed by atoms with Crippen molar-refractivity contribution < 1.29 is 13.2 Å². The highest BCUT2D eigenvalue weighted by molar-refractivity contribution is 7.88. The van der Waals surface area contributed by atoms with Crippen molar-refractivity contribution in [2.75, 3.05) is 32.4 Å². The van der Waals surface area contributed by atoms with Crippen molar-refractivity contribution in [3.63, 3.8) is 0 Å². The first kappa shape index (κ1) is 20.2. The van der Waals surface area contributed by atoms with Crippen molar-refractivity contribution in [3.05, 3.63) is 34.9 Å². The summed E-state index contributed by atoms with van der Waals surface area (Å²) in [6, 6.07) is 7.38. The predicted molar refractivity (Wildman–Crippen MR) is 101 cm³/mol. The zero-order valence-corrected chi connectivity index (χ0v) is 16.4. The fraction of sp³-hybridized carbons (Fsp3) is 0.611. The maximum Gasteiger partial charge on any atom is 0.223 e. The van der Waals surface area contributed by atoms with E-state index < -0.39 is 10.0 Å². The predicted octanol–water partition coefficient (Wildman–Crippen LogP) is 2.94. The Morgan fingerprint density at radius 2 is 1.68 bits per heavy atom. The highest BCUT2D eigenvalue weighted by atomic mass is 35.5. The zero-order valence-electron chi connectivity index (χ0n) is 14.8. The largest absolute Gasteiger partial charge is 0.343 e. The second-order valence-electron chi connectivity index (χ2n) is 6.58. The Balaban J connectivity index is 1.89. The van der Waals surface area contributed by atoms with Gasteiger partial charge in [-0.25, -0.2) is 12.7 Å². The molecule has 1 aliphatic heterocycles. The van der Waals surface area contributed by atoms with Crippen LogP contribution < -0.4 is 0 Å². The molecule has 1 amide bonds. The lowest BCUT2D eigenvalue weighted by Crippen LogP contribution is -2.38. The van der Waals surface area contributed by atoms with Crippen LogP contribution in [0.5, 0.6) is 0 Å². The van der Waals surface area contributed by atoms with Crippen molar-refractivity contribution >= 4 is 27.5 Å².